The third-order valence-electron chi connectivity index (χ3n) is 1.43. The molecule has 0 aromatic carbocycles. The fraction of sp³-hybridized carbons (Fsp3) is 0.600. The van der Waals surface area contributed by atoms with E-state index in [0.29, 0.717) is 24.0 Å². The standard InChI is InChI=1S/C10H17NO4S/c1-3-14-9(12)5-6-16-8(11)7-10(13)15-4-2/h7H,3-6,11H2,1-2H3/b8-7+. The van der Waals surface area contributed by atoms with E-state index in [1.807, 2.05) is 0 Å². The van der Waals surface area contributed by atoms with Gasteiger partial charge in [0.25, 0.3) is 0 Å². The van der Waals surface area contributed by atoms with Crippen molar-refractivity contribution in [1.82, 2.24) is 0 Å². The van der Waals surface area contributed by atoms with Crippen LogP contribution in [-0.2, 0) is 19.1 Å². The molecule has 0 aliphatic heterocycles. The number of ether oxygens (including phenoxy) is 2. The predicted octanol–water partition coefficient (Wildman–Crippen LogP) is 1.04. The molecule has 0 heterocycles. The predicted molar refractivity (Wildman–Crippen MR) is 62.6 cm³/mol. The topological polar surface area (TPSA) is 78.6 Å². The van der Waals surface area contributed by atoms with Gasteiger partial charge in [-0.15, -0.1) is 11.8 Å². The molecule has 5 nitrogen and oxygen atoms in total. The molecule has 0 unspecified atom stereocenters. The molecule has 0 fully saturated rings. The molecule has 0 amide bonds. The fourth-order valence-corrected chi connectivity index (χ4v) is 1.51. The van der Waals surface area contributed by atoms with E-state index in [1.54, 1.807) is 13.8 Å². The number of hydrogen-bond donors (Lipinski definition) is 1. The molecule has 0 bridgehead atoms. The average molecular weight is 247 g/mol. The van der Waals surface area contributed by atoms with Gasteiger partial charge in [0.05, 0.1) is 30.7 Å². The molecule has 0 aliphatic rings. The lowest BCUT2D eigenvalue weighted by atomic mass is 10.5. The summed E-state index contributed by atoms with van der Waals surface area (Å²) in [5.74, 6) is -0.247. The largest absolute Gasteiger partial charge is 0.466 e. The number of thioether (sulfide) groups is 1. The van der Waals surface area contributed by atoms with Crippen LogP contribution in [0.15, 0.2) is 11.1 Å². The van der Waals surface area contributed by atoms with E-state index in [4.69, 9.17) is 10.5 Å². The smallest absolute Gasteiger partial charge is 0.333 e. The number of nitrogens with two attached hydrogens (primary N) is 1. The van der Waals surface area contributed by atoms with Gasteiger partial charge in [-0.2, -0.15) is 0 Å². The number of esters is 2. The van der Waals surface area contributed by atoms with Crippen molar-refractivity contribution < 1.29 is 19.1 Å². The minimum absolute atomic E-state index is 0.265. The van der Waals surface area contributed by atoms with Crippen molar-refractivity contribution in [3.8, 4) is 0 Å². The summed E-state index contributed by atoms with van der Waals surface area (Å²) in [6.45, 7) is 4.16. The highest BCUT2D eigenvalue weighted by molar-refractivity contribution is 8.03. The van der Waals surface area contributed by atoms with Gasteiger partial charge in [-0.3, -0.25) is 4.79 Å². The molecule has 2 N–H and O–H groups in total. The van der Waals surface area contributed by atoms with E-state index >= 15 is 0 Å². The van der Waals surface area contributed by atoms with Gasteiger partial charge in [0.15, 0.2) is 0 Å². The molecule has 0 radical (unpaired) electrons. The quantitative estimate of drug-likeness (QED) is 0.535. The molecule has 92 valence electrons. The van der Waals surface area contributed by atoms with Gasteiger partial charge in [0.2, 0.25) is 0 Å². The highest BCUT2D eigenvalue weighted by atomic mass is 32.2. The van der Waals surface area contributed by atoms with Gasteiger partial charge in [0.1, 0.15) is 0 Å². The van der Waals surface area contributed by atoms with Crippen molar-refractivity contribution >= 4 is 23.7 Å². The second kappa shape index (κ2) is 9.08. The van der Waals surface area contributed by atoms with Crippen LogP contribution >= 0.6 is 11.8 Å². The van der Waals surface area contributed by atoms with E-state index < -0.39 is 5.97 Å². The lowest BCUT2D eigenvalue weighted by molar-refractivity contribution is -0.142. The first-order chi connectivity index (χ1) is 7.60. The Morgan fingerprint density at radius 2 is 1.88 bits per heavy atom. The molecule has 0 saturated carbocycles. The fourth-order valence-electron chi connectivity index (χ4n) is 0.827. The zero-order valence-electron chi connectivity index (χ0n) is 9.52. The van der Waals surface area contributed by atoms with Gasteiger partial charge in [-0.25, -0.2) is 4.79 Å². The van der Waals surface area contributed by atoms with E-state index in [1.165, 1.54) is 17.8 Å². The Morgan fingerprint density at radius 1 is 1.25 bits per heavy atom. The van der Waals surface area contributed by atoms with Crippen LogP contribution in [0.2, 0.25) is 0 Å². The second-order valence-electron chi connectivity index (χ2n) is 2.70. The molecule has 0 aromatic heterocycles. The Hall–Kier alpha value is -1.17. The van der Waals surface area contributed by atoms with Crippen LogP contribution in [0.3, 0.4) is 0 Å². The van der Waals surface area contributed by atoms with Crippen molar-refractivity contribution in [2.45, 2.75) is 20.3 Å². The van der Waals surface area contributed by atoms with E-state index in [-0.39, 0.29) is 12.4 Å². The summed E-state index contributed by atoms with van der Waals surface area (Å²) in [5.41, 5.74) is 5.54. The summed E-state index contributed by atoms with van der Waals surface area (Å²) >= 11 is 1.22. The number of carbonyl (C=O) groups excluding carboxylic acids is 2. The highest BCUT2D eigenvalue weighted by Crippen LogP contribution is 2.11. The van der Waals surface area contributed by atoms with Gasteiger partial charge >= 0.3 is 11.9 Å². The Morgan fingerprint density at radius 3 is 2.44 bits per heavy atom. The van der Waals surface area contributed by atoms with Crippen LogP contribution in [0.4, 0.5) is 0 Å². The Labute approximate surface area is 99.3 Å². The first kappa shape index (κ1) is 14.8. The summed E-state index contributed by atoms with van der Waals surface area (Å²) in [6.07, 6.45) is 1.48. The van der Waals surface area contributed by atoms with E-state index in [2.05, 4.69) is 4.74 Å². The molecule has 0 saturated heterocycles. The molecule has 0 atom stereocenters. The Bertz CT molecular complexity index is 266. The minimum Gasteiger partial charge on any atom is -0.466 e. The Balaban J connectivity index is 3.76. The molecule has 0 aromatic rings. The highest BCUT2D eigenvalue weighted by Gasteiger charge is 2.03. The van der Waals surface area contributed by atoms with Gasteiger partial charge in [-0.1, -0.05) is 0 Å². The maximum Gasteiger partial charge on any atom is 0.333 e. The maximum atomic E-state index is 11.0. The SMILES string of the molecule is CCOC(=O)/C=C(\N)SCCC(=O)OCC. The van der Waals surface area contributed by atoms with Crippen LogP contribution in [-0.4, -0.2) is 30.9 Å². The Kier molecular flexibility index (Phi) is 8.42. The van der Waals surface area contributed by atoms with E-state index in [0.717, 1.165) is 0 Å². The van der Waals surface area contributed by atoms with Crippen LogP contribution in [0, 0.1) is 0 Å². The average Bonchev–Trinajstić information content (AvgIpc) is 2.18. The molecule has 0 aliphatic carbocycles. The lowest BCUT2D eigenvalue weighted by Gasteiger charge is -2.02. The molecule has 16 heavy (non-hydrogen) atoms. The number of rotatable bonds is 7. The van der Waals surface area contributed by atoms with Crippen LogP contribution in [0.1, 0.15) is 20.3 Å². The minimum atomic E-state index is -0.469. The van der Waals surface area contributed by atoms with Crippen molar-refractivity contribution in [2.24, 2.45) is 5.73 Å². The first-order valence-corrected chi connectivity index (χ1v) is 6.01. The second-order valence-corrected chi connectivity index (χ2v) is 3.87. The van der Waals surface area contributed by atoms with Crippen LogP contribution in [0.25, 0.3) is 0 Å². The number of hydrogen-bond acceptors (Lipinski definition) is 6. The summed E-state index contributed by atoms with van der Waals surface area (Å²) in [7, 11) is 0. The van der Waals surface area contributed by atoms with Gasteiger partial charge < -0.3 is 15.2 Å². The van der Waals surface area contributed by atoms with Crippen molar-refractivity contribution in [3.63, 3.8) is 0 Å². The molecule has 0 spiro atoms. The summed E-state index contributed by atoms with van der Waals surface area (Å²) in [5, 5.41) is 0.336. The molecule has 0 rings (SSSR count). The summed E-state index contributed by atoms with van der Waals surface area (Å²) in [6, 6.07) is 0. The normalized spacial score (nSPS) is 11.0. The zero-order chi connectivity index (χ0) is 12.4. The van der Waals surface area contributed by atoms with Crippen molar-refractivity contribution in [2.75, 3.05) is 19.0 Å². The van der Waals surface area contributed by atoms with Crippen LogP contribution in [0.5, 0.6) is 0 Å². The van der Waals surface area contributed by atoms with Gasteiger partial charge in [-0.05, 0) is 13.8 Å². The third-order valence-corrected chi connectivity index (χ3v) is 2.29. The molecular weight excluding hydrogens is 230 g/mol. The van der Waals surface area contributed by atoms with Crippen molar-refractivity contribution in [1.29, 1.82) is 0 Å². The third kappa shape index (κ3) is 8.16. The summed E-state index contributed by atoms with van der Waals surface area (Å²) in [4.78, 5) is 21.9. The van der Waals surface area contributed by atoms with Gasteiger partial charge in [0, 0.05) is 5.75 Å². The maximum absolute atomic E-state index is 11.0. The monoisotopic (exact) mass is 247 g/mol. The number of carbonyl (C=O) groups is 2. The molecule has 6 heteroatoms. The van der Waals surface area contributed by atoms with E-state index in [9.17, 15) is 9.59 Å². The zero-order valence-corrected chi connectivity index (χ0v) is 10.3. The van der Waals surface area contributed by atoms with Crippen molar-refractivity contribution in [3.05, 3.63) is 11.1 Å². The van der Waals surface area contributed by atoms with Crippen LogP contribution < -0.4 is 5.73 Å². The lowest BCUT2D eigenvalue weighted by Crippen LogP contribution is -2.07. The molecular formula is C10H17NO4S. The first-order valence-electron chi connectivity index (χ1n) is 5.02. The summed E-state index contributed by atoms with van der Waals surface area (Å²) < 4.78 is 9.42.